The molecule has 0 atom stereocenters. The van der Waals surface area contributed by atoms with E-state index in [-0.39, 0.29) is 0 Å². The minimum Gasteiger partial charge on any atom is -0.497 e. The Labute approximate surface area is 164 Å². The third-order valence-electron chi connectivity index (χ3n) is 5.22. The van der Waals surface area contributed by atoms with E-state index in [0.29, 0.717) is 0 Å². The lowest BCUT2D eigenvalue weighted by molar-refractivity contribution is -0.485. The van der Waals surface area contributed by atoms with Crippen molar-refractivity contribution >= 4 is 16.3 Å². The third-order valence-corrected chi connectivity index (χ3v) is 5.22. The summed E-state index contributed by atoms with van der Waals surface area (Å²) >= 11 is 0. The third kappa shape index (κ3) is 2.71. The molecule has 0 N–H and O–H groups in total. The van der Waals surface area contributed by atoms with E-state index in [2.05, 4.69) is 95.4 Å². The van der Waals surface area contributed by atoms with Gasteiger partial charge in [0.25, 0.3) is 0 Å². The molecule has 0 radical (unpaired) electrons. The molecule has 134 valence electrons. The Morgan fingerprint density at radius 3 is 2.11 bits per heavy atom. The highest BCUT2D eigenvalue weighted by atomic mass is 16.5. The van der Waals surface area contributed by atoms with Gasteiger partial charge in [-0.05, 0) is 53.9 Å². The molecule has 2 aromatic heterocycles. The fourth-order valence-corrected chi connectivity index (χ4v) is 3.86. The first kappa shape index (κ1) is 16.5. The van der Waals surface area contributed by atoms with E-state index < -0.39 is 0 Å². The molecule has 0 unspecified atom stereocenters. The second-order valence-electron chi connectivity index (χ2n) is 6.84. The first-order valence-electron chi connectivity index (χ1n) is 9.41. The van der Waals surface area contributed by atoms with Crippen molar-refractivity contribution in [1.29, 1.82) is 0 Å². The SMILES string of the molecule is COc1ccc(-c2cccc3c4ccccc4cc(-c4ccccc4)[n+]23)cc1. The predicted molar refractivity (Wildman–Crippen MR) is 115 cm³/mol. The van der Waals surface area contributed by atoms with Crippen molar-refractivity contribution in [3.8, 4) is 28.3 Å². The molecule has 28 heavy (non-hydrogen) atoms. The molecule has 0 amide bonds. The summed E-state index contributed by atoms with van der Waals surface area (Å²) in [6.07, 6.45) is 0. The first-order chi connectivity index (χ1) is 13.8. The Morgan fingerprint density at radius 1 is 0.607 bits per heavy atom. The van der Waals surface area contributed by atoms with E-state index in [0.717, 1.165) is 17.0 Å². The molecular formula is C26H20NO+. The lowest BCUT2D eigenvalue weighted by Gasteiger charge is -2.09. The molecule has 0 aliphatic heterocycles. The maximum Gasteiger partial charge on any atom is 0.219 e. The molecule has 2 heteroatoms. The van der Waals surface area contributed by atoms with Crippen molar-refractivity contribution in [2.45, 2.75) is 0 Å². The minimum atomic E-state index is 0.864. The summed E-state index contributed by atoms with van der Waals surface area (Å²) < 4.78 is 7.70. The molecular weight excluding hydrogens is 342 g/mol. The molecule has 0 bridgehead atoms. The van der Waals surface area contributed by atoms with E-state index in [4.69, 9.17) is 4.74 Å². The van der Waals surface area contributed by atoms with Gasteiger partial charge >= 0.3 is 0 Å². The molecule has 3 aromatic carbocycles. The first-order valence-corrected chi connectivity index (χ1v) is 9.41. The molecule has 0 saturated heterocycles. The number of hydrogen-bond acceptors (Lipinski definition) is 1. The topological polar surface area (TPSA) is 13.3 Å². The van der Waals surface area contributed by atoms with Gasteiger partial charge in [-0.3, -0.25) is 0 Å². The Morgan fingerprint density at radius 2 is 1.32 bits per heavy atom. The molecule has 0 aliphatic rings. The minimum absolute atomic E-state index is 0.864. The Balaban J connectivity index is 1.90. The molecule has 0 spiro atoms. The van der Waals surface area contributed by atoms with Crippen LogP contribution in [0.2, 0.25) is 0 Å². The highest BCUT2D eigenvalue weighted by molar-refractivity contribution is 5.95. The summed E-state index contributed by atoms with van der Waals surface area (Å²) in [5.41, 5.74) is 5.89. The van der Waals surface area contributed by atoms with Crippen LogP contribution in [0.4, 0.5) is 0 Å². The standard InChI is InChI=1S/C26H20NO/c1-28-22-16-14-20(15-17-22)24-12-7-13-25-23-11-6-5-10-21(23)18-26(27(24)25)19-8-3-2-4-9-19/h2-18H,1H3/q+1. The lowest BCUT2D eigenvalue weighted by Crippen LogP contribution is -2.28. The summed E-state index contributed by atoms with van der Waals surface area (Å²) in [5, 5.41) is 2.49. The van der Waals surface area contributed by atoms with E-state index in [1.165, 1.54) is 27.5 Å². The number of rotatable bonds is 3. The fraction of sp³-hybridized carbons (Fsp3) is 0.0385. The van der Waals surface area contributed by atoms with Gasteiger partial charge in [0.2, 0.25) is 16.9 Å². The zero-order chi connectivity index (χ0) is 18.9. The van der Waals surface area contributed by atoms with Crippen molar-refractivity contribution in [2.24, 2.45) is 0 Å². The summed E-state index contributed by atoms with van der Waals surface area (Å²) in [6, 6.07) is 36.2. The number of benzene rings is 3. The van der Waals surface area contributed by atoms with Crippen molar-refractivity contribution in [3.63, 3.8) is 0 Å². The van der Waals surface area contributed by atoms with Crippen LogP contribution in [0.5, 0.6) is 5.75 Å². The second-order valence-corrected chi connectivity index (χ2v) is 6.84. The van der Waals surface area contributed by atoms with Crippen LogP contribution in [0.1, 0.15) is 0 Å². The zero-order valence-corrected chi connectivity index (χ0v) is 15.7. The molecule has 0 aliphatic carbocycles. The molecule has 5 rings (SSSR count). The lowest BCUT2D eigenvalue weighted by atomic mass is 10.0. The van der Waals surface area contributed by atoms with E-state index in [1.54, 1.807) is 7.11 Å². The van der Waals surface area contributed by atoms with Crippen LogP contribution in [-0.4, -0.2) is 7.11 Å². The van der Waals surface area contributed by atoms with Crippen LogP contribution in [0.3, 0.4) is 0 Å². The van der Waals surface area contributed by atoms with Crippen LogP contribution in [0.25, 0.3) is 38.8 Å². The zero-order valence-electron chi connectivity index (χ0n) is 15.7. The Kier molecular flexibility index (Phi) is 4.02. The Bertz CT molecular complexity index is 1270. The number of pyridine rings is 2. The maximum absolute atomic E-state index is 5.34. The van der Waals surface area contributed by atoms with Gasteiger partial charge in [0.1, 0.15) is 5.75 Å². The summed E-state index contributed by atoms with van der Waals surface area (Å²) in [7, 11) is 1.70. The van der Waals surface area contributed by atoms with Crippen molar-refractivity contribution in [2.75, 3.05) is 7.11 Å². The highest BCUT2D eigenvalue weighted by Gasteiger charge is 2.21. The number of nitrogens with zero attached hydrogens (tertiary/aromatic N) is 1. The van der Waals surface area contributed by atoms with Gasteiger partial charge in [-0.25, -0.2) is 0 Å². The van der Waals surface area contributed by atoms with Crippen molar-refractivity contribution in [3.05, 3.63) is 103 Å². The summed E-state index contributed by atoms with van der Waals surface area (Å²) in [4.78, 5) is 0. The van der Waals surface area contributed by atoms with Crippen LogP contribution >= 0.6 is 0 Å². The van der Waals surface area contributed by atoms with E-state index >= 15 is 0 Å². The van der Waals surface area contributed by atoms with Crippen LogP contribution in [0.15, 0.2) is 103 Å². The van der Waals surface area contributed by atoms with Gasteiger partial charge in [0, 0.05) is 29.3 Å². The number of hydrogen-bond donors (Lipinski definition) is 0. The van der Waals surface area contributed by atoms with Gasteiger partial charge in [0.05, 0.1) is 12.5 Å². The molecule has 5 aromatic rings. The molecule has 2 heterocycles. The maximum atomic E-state index is 5.34. The quantitative estimate of drug-likeness (QED) is 0.287. The van der Waals surface area contributed by atoms with Crippen LogP contribution < -0.4 is 9.14 Å². The number of aromatic nitrogens is 1. The summed E-state index contributed by atoms with van der Waals surface area (Å²) in [6.45, 7) is 0. The average Bonchev–Trinajstić information content (AvgIpc) is 2.79. The summed E-state index contributed by atoms with van der Waals surface area (Å²) in [5.74, 6) is 0.864. The van der Waals surface area contributed by atoms with E-state index in [9.17, 15) is 0 Å². The van der Waals surface area contributed by atoms with Gasteiger partial charge < -0.3 is 4.74 Å². The molecule has 0 saturated carbocycles. The Hall–Kier alpha value is -3.65. The predicted octanol–water partition coefficient (Wildman–Crippen LogP) is 5.92. The molecule has 2 nitrogen and oxygen atoms in total. The van der Waals surface area contributed by atoms with Gasteiger partial charge in [-0.2, -0.15) is 4.40 Å². The van der Waals surface area contributed by atoms with Crippen LogP contribution in [0, 0.1) is 0 Å². The van der Waals surface area contributed by atoms with Gasteiger partial charge in [-0.15, -0.1) is 0 Å². The normalized spacial score (nSPS) is 11.0. The van der Waals surface area contributed by atoms with Gasteiger partial charge in [-0.1, -0.05) is 36.4 Å². The average molecular weight is 362 g/mol. The monoisotopic (exact) mass is 362 g/mol. The smallest absolute Gasteiger partial charge is 0.219 e. The number of ether oxygens (including phenoxy) is 1. The number of methoxy groups -OCH3 is 1. The largest absolute Gasteiger partial charge is 0.497 e. The second kappa shape index (κ2) is 6.82. The van der Waals surface area contributed by atoms with Crippen molar-refractivity contribution < 1.29 is 9.14 Å². The highest BCUT2D eigenvalue weighted by Crippen LogP contribution is 2.28. The fourth-order valence-electron chi connectivity index (χ4n) is 3.86. The van der Waals surface area contributed by atoms with Gasteiger partial charge in [0.15, 0.2) is 0 Å². The number of fused-ring (bicyclic) bond motifs is 3. The molecule has 0 fully saturated rings. The van der Waals surface area contributed by atoms with Crippen LogP contribution in [-0.2, 0) is 0 Å². The van der Waals surface area contributed by atoms with Crippen molar-refractivity contribution in [1.82, 2.24) is 0 Å². The van der Waals surface area contributed by atoms with E-state index in [1.807, 2.05) is 12.1 Å².